The maximum absolute atomic E-state index is 12.1. The van der Waals surface area contributed by atoms with Crippen LogP contribution in [0.4, 0.5) is 0 Å². The summed E-state index contributed by atoms with van der Waals surface area (Å²) in [4.78, 5) is 32.7. The molecule has 2 rings (SSSR count). The topological polar surface area (TPSA) is 74.8 Å². The van der Waals surface area contributed by atoms with Gasteiger partial charge in [-0.15, -0.1) is 11.3 Å². The van der Waals surface area contributed by atoms with Crippen molar-refractivity contribution in [1.29, 1.82) is 0 Å². The number of rotatable bonds is 4. The molecule has 0 bridgehead atoms. The summed E-state index contributed by atoms with van der Waals surface area (Å²) < 4.78 is 0. The molecule has 0 unspecified atom stereocenters. The lowest BCUT2D eigenvalue weighted by molar-refractivity contribution is 0.0948. The fourth-order valence-electron chi connectivity index (χ4n) is 1.99. The molecule has 1 amide bonds. The number of H-pyrrole nitrogens is 1. The van der Waals surface area contributed by atoms with Crippen LogP contribution in [0.5, 0.6) is 0 Å². The molecular weight excluding hydrogens is 298 g/mol. The van der Waals surface area contributed by atoms with Crippen molar-refractivity contribution < 1.29 is 4.79 Å². The van der Waals surface area contributed by atoms with Gasteiger partial charge in [0.15, 0.2) is 0 Å². The van der Waals surface area contributed by atoms with E-state index in [1.807, 2.05) is 20.8 Å². The van der Waals surface area contributed by atoms with Gasteiger partial charge in [-0.3, -0.25) is 4.79 Å². The van der Waals surface area contributed by atoms with Crippen LogP contribution in [0, 0.1) is 6.92 Å². The average molecular weight is 319 g/mol. The number of thiophene rings is 1. The highest BCUT2D eigenvalue weighted by Gasteiger charge is 2.18. The van der Waals surface area contributed by atoms with Crippen LogP contribution in [0.25, 0.3) is 0 Å². The Labute approximate surface area is 133 Å². The fourth-order valence-corrected chi connectivity index (χ4v) is 2.88. The maximum atomic E-state index is 12.1. The number of carbonyl (C=O) groups excluding carboxylic acids is 1. The fraction of sp³-hybridized carbons (Fsp3) is 0.438. The summed E-state index contributed by atoms with van der Waals surface area (Å²) in [6.45, 7) is 8.50. The second kappa shape index (κ2) is 6.44. The molecule has 2 heterocycles. The first kappa shape index (κ1) is 16.4. The van der Waals surface area contributed by atoms with Gasteiger partial charge in [-0.05, 0) is 31.5 Å². The summed E-state index contributed by atoms with van der Waals surface area (Å²) in [7, 11) is 0. The van der Waals surface area contributed by atoms with Crippen molar-refractivity contribution in [1.82, 2.24) is 15.3 Å². The molecule has 0 spiro atoms. The number of aryl methyl sites for hydroxylation is 1. The highest BCUT2D eigenvalue weighted by atomic mass is 32.1. The highest BCUT2D eigenvalue weighted by Crippen LogP contribution is 2.19. The number of aromatic amines is 1. The largest absolute Gasteiger partial charge is 0.350 e. The Morgan fingerprint density at radius 1 is 1.36 bits per heavy atom. The zero-order valence-corrected chi connectivity index (χ0v) is 14.1. The molecular formula is C16H21N3O2S. The van der Waals surface area contributed by atoms with Crippen LogP contribution >= 0.6 is 11.3 Å². The molecule has 0 aromatic carbocycles. The number of hydrogen-bond acceptors (Lipinski definition) is 4. The van der Waals surface area contributed by atoms with Crippen LogP contribution < -0.4 is 11.0 Å². The van der Waals surface area contributed by atoms with Crippen molar-refractivity contribution in [3.63, 3.8) is 0 Å². The minimum absolute atomic E-state index is 0.163. The monoisotopic (exact) mass is 319 g/mol. The van der Waals surface area contributed by atoms with Gasteiger partial charge in [-0.1, -0.05) is 20.8 Å². The Morgan fingerprint density at radius 3 is 2.68 bits per heavy atom. The van der Waals surface area contributed by atoms with Gasteiger partial charge in [0, 0.05) is 27.4 Å². The molecule has 0 saturated carbocycles. The molecule has 0 aliphatic heterocycles. The molecule has 6 heteroatoms. The second-order valence-corrected chi connectivity index (χ2v) is 7.63. The van der Waals surface area contributed by atoms with Gasteiger partial charge in [0.05, 0.1) is 0 Å². The molecule has 0 aliphatic carbocycles. The van der Waals surface area contributed by atoms with Crippen molar-refractivity contribution in [2.45, 2.75) is 39.5 Å². The van der Waals surface area contributed by atoms with E-state index in [-0.39, 0.29) is 17.0 Å². The van der Waals surface area contributed by atoms with E-state index in [0.717, 1.165) is 6.42 Å². The zero-order chi connectivity index (χ0) is 16.3. The summed E-state index contributed by atoms with van der Waals surface area (Å²) in [6, 6.07) is 5.77. The Hall–Kier alpha value is -1.95. The minimum atomic E-state index is -0.494. The molecule has 22 heavy (non-hydrogen) atoms. The predicted octanol–water partition coefficient (Wildman–Crippen LogP) is 2.41. The van der Waals surface area contributed by atoms with Gasteiger partial charge in [0.2, 0.25) is 0 Å². The molecule has 0 fully saturated rings. The molecule has 0 aliphatic rings. The predicted molar refractivity (Wildman–Crippen MR) is 88.7 cm³/mol. The van der Waals surface area contributed by atoms with E-state index in [4.69, 9.17) is 0 Å². The lowest BCUT2D eigenvalue weighted by atomic mass is 9.91. The van der Waals surface area contributed by atoms with Gasteiger partial charge in [-0.2, -0.15) is 4.98 Å². The van der Waals surface area contributed by atoms with E-state index in [1.54, 1.807) is 17.4 Å². The standard InChI is InChI=1S/C16H21N3O2S/c1-10-5-6-11(22-10)7-8-17-14(20)12-9-13(16(2,3)4)19-15(21)18-12/h5-6,9H,7-8H2,1-4H3,(H,17,20)(H,18,19,21). The summed E-state index contributed by atoms with van der Waals surface area (Å²) >= 11 is 1.72. The van der Waals surface area contributed by atoms with Crippen LogP contribution in [-0.4, -0.2) is 22.4 Å². The second-order valence-electron chi connectivity index (χ2n) is 6.25. The Balaban J connectivity index is 2.03. The smallest absolute Gasteiger partial charge is 0.345 e. The Kier molecular flexibility index (Phi) is 4.81. The number of aromatic nitrogens is 2. The summed E-state index contributed by atoms with van der Waals surface area (Å²) in [6.07, 6.45) is 0.777. The number of nitrogens with one attached hydrogen (secondary N) is 2. The van der Waals surface area contributed by atoms with Crippen LogP contribution in [0.3, 0.4) is 0 Å². The summed E-state index contributed by atoms with van der Waals surface area (Å²) in [5.74, 6) is -0.315. The van der Waals surface area contributed by atoms with Crippen LogP contribution in [0.1, 0.15) is 46.7 Å². The van der Waals surface area contributed by atoms with E-state index < -0.39 is 5.69 Å². The van der Waals surface area contributed by atoms with Gasteiger partial charge in [0.1, 0.15) is 5.69 Å². The molecule has 2 N–H and O–H groups in total. The van der Waals surface area contributed by atoms with Crippen LogP contribution in [0.2, 0.25) is 0 Å². The average Bonchev–Trinajstić information content (AvgIpc) is 2.82. The van der Waals surface area contributed by atoms with E-state index >= 15 is 0 Å². The lowest BCUT2D eigenvalue weighted by Gasteiger charge is -2.18. The third kappa shape index (κ3) is 4.27. The van der Waals surface area contributed by atoms with Crippen LogP contribution in [0.15, 0.2) is 23.0 Å². The van der Waals surface area contributed by atoms with Crippen molar-refractivity contribution in [2.24, 2.45) is 0 Å². The van der Waals surface area contributed by atoms with E-state index in [0.29, 0.717) is 12.2 Å². The third-order valence-electron chi connectivity index (χ3n) is 3.24. The normalized spacial score (nSPS) is 11.5. The number of carbonyl (C=O) groups is 1. The van der Waals surface area contributed by atoms with Gasteiger partial charge in [0.25, 0.3) is 5.91 Å². The highest BCUT2D eigenvalue weighted by molar-refractivity contribution is 7.11. The van der Waals surface area contributed by atoms with E-state index in [2.05, 4.69) is 34.3 Å². The summed E-state index contributed by atoms with van der Waals surface area (Å²) in [5, 5.41) is 2.82. The van der Waals surface area contributed by atoms with Crippen molar-refractivity contribution in [3.8, 4) is 0 Å². The minimum Gasteiger partial charge on any atom is -0.350 e. The Morgan fingerprint density at radius 2 is 2.09 bits per heavy atom. The van der Waals surface area contributed by atoms with E-state index in [9.17, 15) is 9.59 Å². The Bertz CT molecular complexity index is 725. The molecule has 0 atom stereocenters. The van der Waals surface area contributed by atoms with Crippen molar-refractivity contribution in [2.75, 3.05) is 6.54 Å². The lowest BCUT2D eigenvalue weighted by Crippen LogP contribution is -2.30. The first-order valence-corrected chi connectivity index (χ1v) is 8.03. The van der Waals surface area contributed by atoms with Gasteiger partial charge < -0.3 is 10.3 Å². The molecule has 0 saturated heterocycles. The van der Waals surface area contributed by atoms with Crippen molar-refractivity contribution >= 4 is 17.2 Å². The number of nitrogens with zero attached hydrogens (tertiary/aromatic N) is 1. The molecule has 2 aromatic rings. The first-order valence-electron chi connectivity index (χ1n) is 7.21. The van der Waals surface area contributed by atoms with Gasteiger partial charge in [-0.25, -0.2) is 4.79 Å². The first-order chi connectivity index (χ1) is 10.3. The number of amides is 1. The third-order valence-corrected chi connectivity index (χ3v) is 4.30. The number of hydrogen-bond donors (Lipinski definition) is 2. The summed E-state index contributed by atoms with van der Waals surface area (Å²) in [5.41, 5.74) is 0.125. The van der Waals surface area contributed by atoms with E-state index in [1.165, 1.54) is 9.75 Å². The molecule has 118 valence electrons. The van der Waals surface area contributed by atoms with Crippen molar-refractivity contribution in [3.05, 3.63) is 49.8 Å². The van der Waals surface area contributed by atoms with Crippen LogP contribution in [-0.2, 0) is 11.8 Å². The maximum Gasteiger partial charge on any atom is 0.345 e. The van der Waals surface area contributed by atoms with Gasteiger partial charge >= 0.3 is 5.69 Å². The molecule has 5 nitrogen and oxygen atoms in total. The zero-order valence-electron chi connectivity index (χ0n) is 13.3. The molecule has 0 radical (unpaired) electrons. The molecule has 2 aromatic heterocycles. The quantitative estimate of drug-likeness (QED) is 0.909. The SMILES string of the molecule is Cc1ccc(CCNC(=O)c2cc(C(C)(C)C)[nH]c(=O)n2)s1.